The molecule has 0 aliphatic carbocycles. The van der Waals surface area contributed by atoms with Crippen molar-refractivity contribution in [1.82, 2.24) is 0 Å². The summed E-state index contributed by atoms with van der Waals surface area (Å²) in [5.41, 5.74) is -0.608. The quantitative estimate of drug-likeness (QED) is 0.597. The summed E-state index contributed by atoms with van der Waals surface area (Å²) in [6.45, 7) is 3.80. The molecule has 0 radical (unpaired) electrons. The van der Waals surface area contributed by atoms with E-state index >= 15 is 0 Å². The van der Waals surface area contributed by atoms with Gasteiger partial charge in [0.1, 0.15) is 0 Å². The normalized spacial score (nSPS) is 11.4. The minimum atomic E-state index is -0.782. The maximum absolute atomic E-state index is 11.2. The monoisotopic (exact) mass is 230 g/mol. The van der Waals surface area contributed by atoms with E-state index in [4.69, 9.17) is 5.11 Å². The van der Waals surface area contributed by atoms with Crippen LogP contribution < -0.4 is 0 Å². The van der Waals surface area contributed by atoms with Crippen molar-refractivity contribution in [3.63, 3.8) is 0 Å². The van der Waals surface area contributed by atoms with Gasteiger partial charge in [-0.15, -0.1) is 0 Å². The molecule has 4 heteroatoms. The van der Waals surface area contributed by atoms with Crippen LogP contribution in [0.5, 0.6) is 0 Å². The van der Waals surface area contributed by atoms with Gasteiger partial charge in [0, 0.05) is 6.42 Å². The van der Waals surface area contributed by atoms with E-state index in [-0.39, 0.29) is 6.42 Å². The zero-order chi connectivity index (χ0) is 12.6. The van der Waals surface area contributed by atoms with Crippen LogP contribution in [-0.2, 0) is 9.59 Å². The van der Waals surface area contributed by atoms with Gasteiger partial charge in [-0.25, -0.2) is 0 Å². The summed E-state index contributed by atoms with van der Waals surface area (Å²) in [4.78, 5) is 21.4. The number of carboxylic acids is 2. The molecule has 16 heavy (non-hydrogen) atoms. The second kappa shape index (κ2) is 7.25. The summed E-state index contributed by atoms with van der Waals surface area (Å²) in [5.74, 6) is -1.51. The maximum atomic E-state index is 11.2. The average molecular weight is 230 g/mol. The van der Waals surface area contributed by atoms with Crippen LogP contribution in [0.3, 0.4) is 0 Å². The van der Waals surface area contributed by atoms with Gasteiger partial charge in [-0.2, -0.15) is 0 Å². The predicted molar refractivity (Wildman–Crippen MR) is 61.4 cm³/mol. The molecule has 0 spiro atoms. The zero-order valence-electron chi connectivity index (χ0n) is 10.2. The van der Waals surface area contributed by atoms with E-state index in [1.807, 2.05) is 13.8 Å². The Hall–Kier alpha value is -1.06. The highest BCUT2D eigenvalue weighted by atomic mass is 16.4. The molecule has 0 aromatic rings. The summed E-state index contributed by atoms with van der Waals surface area (Å²) in [7, 11) is 0. The molecule has 0 saturated heterocycles. The Balaban J connectivity index is 3.95. The number of aliphatic carboxylic acids is 2. The third-order valence-electron chi connectivity index (χ3n) is 3.35. The highest BCUT2D eigenvalue weighted by Crippen LogP contribution is 2.33. The van der Waals surface area contributed by atoms with Gasteiger partial charge < -0.3 is 10.2 Å². The van der Waals surface area contributed by atoms with E-state index in [9.17, 15) is 14.7 Å². The fraction of sp³-hybridized carbons (Fsp3) is 0.833. The van der Waals surface area contributed by atoms with E-state index in [2.05, 4.69) is 0 Å². The molecule has 0 amide bonds. The number of unbranched alkanes of at least 4 members (excludes halogenated alkanes) is 2. The smallest absolute Gasteiger partial charge is 0.309 e. The van der Waals surface area contributed by atoms with Crippen LogP contribution in [-0.4, -0.2) is 22.2 Å². The van der Waals surface area contributed by atoms with Crippen LogP contribution in [0.25, 0.3) is 0 Å². The van der Waals surface area contributed by atoms with E-state index in [1.165, 1.54) is 0 Å². The number of carboxylic acid groups (broad SMARTS) is 2. The van der Waals surface area contributed by atoms with Crippen molar-refractivity contribution < 1.29 is 19.8 Å². The highest BCUT2D eigenvalue weighted by Gasteiger charge is 2.33. The lowest BCUT2D eigenvalue weighted by Crippen LogP contribution is -2.29. The number of rotatable bonds is 9. The van der Waals surface area contributed by atoms with Crippen LogP contribution >= 0.6 is 0 Å². The molecular formula is C12H22O4. The Morgan fingerprint density at radius 2 is 1.56 bits per heavy atom. The molecule has 0 aliphatic heterocycles. The molecule has 0 aromatic heterocycles. The van der Waals surface area contributed by atoms with Crippen LogP contribution in [0.2, 0.25) is 0 Å². The van der Waals surface area contributed by atoms with E-state index in [0.717, 1.165) is 12.8 Å². The molecule has 0 unspecified atom stereocenters. The van der Waals surface area contributed by atoms with E-state index < -0.39 is 17.4 Å². The number of carbonyl (C=O) groups is 2. The number of hydrogen-bond donors (Lipinski definition) is 2. The van der Waals surface area contributed by atoms with Crippen LogP contribution in [0.1, 0.15) is 58.8 Å². The van der Waals surface area contributed by atoms with E-state index in [0.29, 0.717) is 25.7 Å². The molecule has 0 aliphatic rings. The summed E-state index contributed by atoms with van der Waals surface area (Å²) in [6.07, 6.45) is 4.32. The largest absolute Gasteiger partial charge is 0.481 e. The van der Waals surface area contributed by atoms with Gasteiger partial charge in [0.05, 0.1) is 5.41 Å². The third kappa shape index (κ3) is 4.64. The fourth-order valence-corrected chi connectivity index (χ4v) is 1.93. The molecule has 0 rings (SSSR count). The van der Waals surface area contributed by atoms with Gasteiger partial charge in [0.2, 0.25) is 0 Å². The lowest BCUT2D eigenvalue weighted by molar-refractivity contribution is -0.150. The zero-order valence-corrected chi connectivity index (χ0v) is 10.2. The minimum Gasteiger partial charge on any atom is -0.481 e. The first-order valence-corrected chi connectivity index (χ1v) is 5.93. The summed E-state index contributed by atoms with van der Waals surface area (Å²) >= 11 is 0. The van der Waals surface area contributed by atoms with Crippen molar-refractivity contribution in [3.8, 4) is 0 Å². The maximum Gasteiger partial charge on any atom is 0.309 e. The van der Waals surface area contributed by atoms with Crippen LogP contribution in [0.15, 0.2) is 0 Å². The topological polar surface area (TPSA) is 74.6 Å². The molecule has 0 heterocycles. The molecule has 0 atom stereocenters. The molecule has 0 fully saturated rings. The Bertz CT molecular complexity index is 231. The van der Waals surface area contributed by atoms with Gasteiger partial charge in [-0.05, 0) is 25.7 Å². The van der Waals surface area contributed by atoms with Crippen molar-refractivity contribution >= 4 is 11.9 Å². The fourth-order valence-electron chi connectivity index (χ4n) is 1.93. The predicted octanol–water partition coefficient (Wildman–Crippen LogP) is 2.91. The van der Waals surface area contributed by atoms with E-state index in [1.54, 1.807) is 0 Å². The van der Waals surface area contributed by atoms with Crippen molar-refractivity contribution in [2.45, 2.75) is 58.8 Å². The second-order valence-electron chi connectivity index (χ2n) is 4.25. The summed E-state index contributed by atoms with van der Waals surface area (Å²) in [5, 5.41) is 17.6. The van der Waals surface area contributed by atoms with Gasteiger partial charge in [0.25, 0.3) is 0 Å². The highest BCUT2D eigenvalue weighted by molar-refractivity contribution is 5.74. The molecule has 0 aromatic carbocycles. The molecule has 4 nitrogen and oxygen atoms in total. The number of hydrogen-bond acceptors (Lipinski definition) is 2. The average Bonchev–Trinajstić information content (AvgIpc) is 2.23. The van der Waals surface area contributed by atoms with Gasteiger partial charge in [0.15, 0.2) is 0 Å². The third-order valence-corrected chi connectivity index (χ3v) is 3.35. The van der Waals surface area contributed by atoms with Crippen LogP contribution in [0, 0.1) is 5.41 Å². The SMILES string of the molecule is CCC(CC)(CCCCCC(=O)O)C(=O)O. The molecule has 2 N–H and O–H groups in total. The van der Waals surface area contributed by atoms with Crippen molar-refractivity contribution in [2.75, 3.05) is 0 Å². The Morgan fingerprint density at radius 3 is 1.94 bits per heavy atom. The molecular weight excluding hydrogens is 208 g/mol. The van der Waals surface area contributed by atoms with Crippen molar-refractivity contribution in [3.05, 3.63) is 0 Å². The van der Waals surface area contributed by atoms with Gasteiger partial charge >= 0.3 is 11.9 Å². The molecule has 0 saturated carbocycles. The second-order valence-corrected chi connectivity index (χ2v) is 4.25. The first-order chi connectivity index (χ1) is 7.48. The first kappa shape index (κ1) is 14.9. The van der Waals surface area contributed by atoms with Gasteiger partial charge in [-0.1, -0.05) is 26.7 Å². The standard InChI is InChI=1S/C12H22O4/c1-3-12(4-2,11(15)16)9-7-5-6-8-10(13)14/h3-9H2,1-2H3,(H,13,14)(H,15,16). The molecule has 0 bridgehead atoms. The molecule has 94 valence electrons. The Morgan fingerprint density at radius 1 is 1.00 bits per heavy atom. The first-order valence-electron chi connectivity index (χ1n) is 5.93. The van der Waals surface area contributed by atoms with Crippen molar-refractivity contribution in [2.24, 2.45) is 5.41 Å². The summed E-state index contributed by atoms with van der Waals surface area (Å²) in [6, 6.07) is 0. The van der Waals surface area contributed by atoms with Crippen molar-refractivity contribution in [1.29, 1.82) is 0 Å². The summed E-state index contributed by atoms with van der Waals surface area (Å²) < 4.78 is 0. The van der Waals surface area contributed by atoms with Crippen LogP contribution in [0.4, 0.5) is 0 Å². The Kier molecular flexibility index (Phi) is 6.77. The Labute approximate surface area is 96.7 Å². The lowest BCUT2D eigenvalue weighted by atomic mass is 9.78. The lowest BCUT2D eigenvalue weighted by Gasteiger charge is -2.26. The minimum absolute atomic E-state index is 0.179. The van der Waals surface area contributed by atoms with Gasteiger partial charge in [-0.3, -0.25) is 9.59 Å².